The first kappa shape index (κ1) is 20.6. The Labute approximate surface area is 170 Å². The van der Waals surface area contributed by atoms with Crippen molar-refractivity contribution >= 4 is 22.6 Å². The molecule has 0 aliphatic heterocycles. The minimum atomic E-state index is -0.555. The van der Waals surface area contributed by atoms with Gasteiger partial charge in [-0.3, -0.25) is 35.1 Å². The number of hydrazine groups is 1. The van der Waals surface area contributed by atoms with E-state index in [4.69, 9.17) is 9.47 Å². The van der Waals surface area contributed by atoms with Crippen LogP contribution >= 0.6 is 0 Å². The lowest BCUT2D eigenvalue weighted by molar-refractivity contribution is -0.122. The van der Waals surface area contributed by atoms with Crippen LogP contribution in [0.5, 0.6) is 11.5 Å². The second-order valence-corrected chi connectivity index (χ2v) is 6.27. The number of H-pyrrole nitrogens is 1. The first-order valence-corrected chi connectivity index (χ1v) is 8.97. The Morgan fingerprint density at radius 1 is 0.967 bits per heavy atom. The molecule has 3 N–H and O–H groups in total. The van der Waals surface area contributed by atoms with Crippen LogP contribution in [-0.2, 0) is 11.3 Å². The number of rotatable bonds is 6. The highest BCUT2D eigenvalue weighted by molar-refractivity contribution is 5.96. The fraction of sp³-hybridized carbons (Fsp3) is 0.200. The molecule has 0 saturated carbocycles. The van der Waals surface area contributed by atoms with Gasteiger partial charge in [-0.05, 0) is 30.3 Å². The monoisotopic (exact) mass is 412 g/mol. The quantitative estimate of drug-likeness (QED) is 0.507. The van der Waals surface area contributed by atoms with Gasteiger partial charge < -0.3 is 9.47 Å². The number of ether oxygens (including phenoxy) is 2. The average Bonchev–Trinajstić information content (AvgIpc) is 2.78. The van der Waals surface area contributed by atoms with Gasteiger partial charge in [0.15, 0.2) is 11.5 Å². The molecule has 0 radical (unpaired) electrons. The minimum absolute atomic E-state index is 0.0586. The molecular weight excluding hydrogens is 392 g/mol. The van der Waals surface area contributed by atoms with E-state index < -0.39 is 22.9 Å². The summed E-state index contributed by atoms with van der Waals surface area (Å²) in [5.41, 5.74) is 3.98. The number of amides is 2. The van der Waals surface area contributed by atoms with Crippen molar-refractivity contribution in [2.45, 2.75) is 13.0 Å². The molecule has 0 spiro atoms. The van der Waals surface area contributed by atoms with E-state index in [1.807, 2.05) is 0 Å². The maximum Gasteiger partial charge on any atom is 0.273 e. The molecule has 10 heteroatoms. The molecule has 2 amide bonds. The number of carbonyl (C=O) groups excluding carboxylic acids is 2. The normalized spacial score (nSPS) is 10.5. The molecule has 3 aromatic rings. The van der Waals surface area contributed by atoms with Crippen molar-refractivity contribution in [3.63, 3.8) is 0 Å². The van der Waals surface area contributed by atoms with Gasteiger partial charge in [-0.2, -0.15) is 0 Å². The summed E-state index contributed by atoms with van der Waals surface area (Å²) in [6, 6.07) is 11.0. The molecule has 2 aromatic carbocycles. The number of nitrogens with zero attached hydrogens (tertiary/aromatic N) is 1. The third-order valence-corrected chi connectivity index (χ3v) is 4.41. The van der Waals surface area contributed by atoms with Gasteiger partial charge >= 0.3 is 0 Å². The molecule has 1 aromatic heterocycles. The highest BCUT2D eigenvalue weighted by Crippen LogP contribution is 2.27. The summed E-state index contributed by atoms with van der Waals surface area (Å²) in [7, 11) is 2.92. The van der Waals surface area contributed by atoms with E-state index in [2.05, 4.69) is 16.0 Å². The maximum absolute atomic E-state index is 12.4. The van der Waals surface area contributed by atoms with Gasteiger partial charge in [0, 0.05) is 12.0 Å². The predicted octanol–water partition coefficient (Wildman–Crippen LogP) is 0.558. The van der Waals surface area contributed by atoms with Crippen molar-refractivity contribution in [1.82, 2.24) is 20.6 Å². The number of carbonyl (C=O) groups is 2. The molecule has 0 saturated heterocycles. The van der Waals surface area contributed by atoms with Crippen LogP contribution in [0, 0.1) is 0 Å². The van der Waals surface area contributed by atoms with Gasteiger partial charge in [0.1, 0.15) is 0 Å². The van der Waals surface area contributed by atoms with E-state index in [-0.39, 0.29) is 29.3 Å². The molecule has 0 bridgehead atoms. The van der Waals surface area contributed by atoms with Gasteiger partial charge in [-0.25, -0.2) is 4.68 Å². The number of aromatic amines is 1. The number of benzene rings is 2. The first-order chi connectivity index (χ1) is 14.4. The van der Waals surface area contributed by atoms with Gasteiger partial charge in [0.25, 0.3) is 17.0 Å². The van der Waals surface area contributed by atoms with E-state index >= 15 is 0 Å². The van der Waals surface area contributed by atoms with Crippen LogP contribution in [0.15, 0.2) is 52.1 Å². The molecular formula is C20H20N4O6. The number of nitrogens with one attached hydrogen (secondary N) is 3. The van der Waals surface area contributed by atoms with Gasteiger partial charge in [-0.15, -0.1) is 0 Å². The third-order valence-electron chi connectivity index (χ3n) is 4.41. The molecule has 3 rings (SSSR count). The van der Waals surface area contributed by atoms with Crippen LogP contribution in [0.4, 0.5) is 0 Å². The molecule has 0 aliphatic rings. The summed E-state index contributed by atoms with van der Waals surface area (Å²) >= 11 is 0. The zero-order valence-corrected chi connectivity index (χ0v) is 16.4. The Morgan fingerprint density at radius 3 is 2.37 bits per heavy atom. The Kier molecular flexibility index (Phi) is 6.16. The molecule has 0 aliphatic carbocycles. The second-order valence-electron chi connectivity index (χ2n) is 6.27. The van der Waals surface area contributed by atoms with E-state index in [0.717, 1.165) is 4.68 Å². The SMILES string of the molecule is COc1ccc(C(=O)NNC(=O)CCn2[nH]c(=O)c3ccccc3c2=O)cc1OC. The van der Waals surface area contributed by atoms with Crippen LogP contribution in [-0.4, -0.2) is 35.8 Å². The lowest BCUT2D eigenvalue weighted by atomic mass is 10.2. The Morgan fingerprint density at radius 2 is 1.67 bits per heavy atom. The van der Waals surface area contributed by atoms with Gasteiger partial charge in [0.2, 0.25) is 5.91 Å². The molecule has 1 heterocycles. The highest BCUT2D eigenvalue weighted by Gasteiger charge is 2.12. The maximum atomic E-state index is 12.4. The van der Waals surface area contributed by atoms with E-state index in [9.17, 15) is 19.2 Å². The fourth-order valence-corrected chi connectivity index (χ4v) is 2.86. The minimum Gasteiger partial charge on any atom is -0.493 e. The molecule has 0 atom stereocenters. The summed E-state index contributed by atoms with van der Waals surface area (Å²) in [6.45, 7) is -0.0586. The zero-order valence-electron chi connectivity index (χ0n) is 16.4. The smallest absolute Gasteiger partial charge is 0.273 e. The number of methoxy groups -OCH3 is 2. The average molecular weight is 412 g/mol. The number of aryl methyl sites for hydroxylation is 1. The number of hydrogen-bond acceptors (Lipinski definition) is 6. The lowest BCUT2D eigenvalue weighted by Gasteiger charge is -2.11. The van der Waals surface area contributed by atoms with Crippen molar-refractivity contribution in [3.05, 3.63) is 68.7 Å². The summed E-state index contributed by atoms with van der Waals surface area (Å²) in [5, 5.41) is 2.99. The molecule has 156 valence electrons. The number of hydrogen-bond donors (Lipinski definition) is 3. The topological polar surface area (TPSA) is 132 Å². The summed E-state index contributed by atoms with van der Waals surface area (Å²) in [6.07, 6.45) is -0.138. The molecule has 30 heavy (non-hydrogen) atoms. The number of aromatic nitrogens is 2. The van der Waals surface area contributed by atoms with Crippen molar-refractivity contribution in [2.75, 3.05) is 14.2 Å². The van der Waals surface area contributed by atoms with Gasteiger partial charge in [0.05, 0.1) is 31.5 Å². The Balaban J connectivity index is 1.61. The van der Waals surface area contributed by atoms with Crippen molar-refractivity contribution in [2.24, 2.45) is 0 Å². The van der Waals surface area contributed by atoms with E-state index in [1.165, 1.54) is 26.4 Å². The van der Waals surface area contributed by atoms with Crippen molar-refractivity contribution < 1.29 is 19.1 Å². The van der Waals surface area contributed by atoms with Gasteiger partial charge in [-0.1, -0.05) is 12.1 Å². The third kappa shape index (κ3) is 4.32. The van der Waals surface area contributed by atoms with E-state index in [0.29, 0.717) is 11.5 Å². The Bertz CT molecular complexity index is 1210. The summed E-state index contributed by atoms with van der Waals surface area (Å²) < 4.78 is 11.3. The number of fused-ring (bicyclic) bond motifs is 1. The standard InChI is InChI=1S/C20H20N4O6/c1-29-15-8-7-12(11-16(15)30-2)18(26)22-21-17(25)9-10-24-20(28)14-6-4-3-5-13(14)19(27)23-24/h3-8,11H,9-10H2,1-2H3,(H,21,25)(H,22,26)(H,23,27). The predicted molar refractivity (Wildman–Crippen MR) is 109 cm³/mol. The van der Waals surface area contributed by atoms with E-state index in [1.54, 1.807) is 30.3 Å². The van der Waals surface area contributed by atoms with Crippen molar-refractivity contribution in [3.8, 4) is 11.5 Å². The van der Waals surface area contributed by atoms with Crippen LogP contribution in [0.25, 0.3) is 10.8 Å². The van der Waals surface area contributed by atoms with Crippen LogP contribution in [0.2, 0.25) is 0 Å². The first-order valence-electron chi connectivity index (χ1n) is 8.97. The molecule has 0 unspecified atom stereocenters. The fourth-order valence-electron chi connectivity index (χ4n) is 2.86. The summed E-state index contributed by atoms with van der Waals surface area (Å²) in [5.74, 6) is -0.255. The van der Waals surface area contributed by atoms with Crippen molar-refractivity contribution in [1.29, 1.82) is 0 Å². The summed E-state index contributed by atoms with van der Waals surface area (Å²) in [4.78, 5) is 48.8. The second kappa shape index (κ2) is 8.95. The molecule has 10 nitrogen and oxygen atoms in total. The van der Waals surface area contributed by atoms with Crippen LogP contribution in [0.1, 0.15) is 16.8 Å². The highest BCUT2D eigenvalue weighted by atomic mass is 16.5. The molecule has 0 fully saturated rings. The van der Waals surface area contributed by atoms with Crippen LogP contribution < -0.4 is 31.4 Å². The lowest BCUT2D eigenvalue weighted by Crippen LogP contribution is -2.42. The van der Waals surface area contributed by atoms with Crippen LogP contribution in [0.3, 0.4) is 0 Å². The Hall–Kier alpha value is -4.08. The largest absolute Gasteiger partial charge is 0.493 e. The zero-order chi connectivity index (χ0) is 21.7.